The summed E-state index contributed by atoms with van der Waals surface area (Å²) in [5, 5.41) is 10.3. The molecule has 0 unspecified atom stereocenters. The fourth-order valence-corrected chi connectivity index (χ4v) is 4.40. The third kappa shape index (κ3) is 1.46. The zero-order chi connectivity index (χ0) is 14.9. The lowest BCUT2D eigenvalue weighted by Crippen LogP contribution is -2.40. The summed E-state index contributed by atoms with van der Waals surface area (Å²) < 4.78 is 4.99. The number of hydrogen-bond donors (Lipinski definition) is 1. The van der Waals surface area contributed by atoms with Crippen LogP contribution in [0.15, 0.2) is 35.9 Å². The minimum absolute atomic E-state index is 0.00456. The first-order valence-electron chi connectivity index (χ1n) is 7.35. The summed E-state index contributed by atoms with van der Waals surface area (Å²) in [6.07, 6.45) is 1.86. The van der Waals surface area contributed by atoms with Crippen LogP contribution in [-0.2, 0) is 4.74 Å². The average molecular weight is 285 g/mol. The van der Waals surface area contributed by atoms with Gasteiger partial charge in [-0.1, -0.05) is 30.3 Å². The molecular formula is C17H19NO3. The zero-order valence-electron chi connectivity index (χ0n) is 12.4. The quantitative estimate of drug-likeness (QED) is 0.807. The van der Waals surface area contributed by atoms with Gasteiger partial charge in [0, 0.05) is 11.8 Å². The van der Waals surface area contributed by atoms with Gasteiger partial charge in [0.25, 0.3) is 0 Å². The topological polar surface area (TPSA) is 49.8 Å². The molecule has 0 spiro atoms. The molecule has 3 aliphatic rings. The highest BCUT2D eigenvalue weighted by Gasteiger charge is 2.63. The lowest BCUT2D eigenvalue weighted by atomic mass is 9.61. The van der Waals surface area contributed by atoms with Gasteiger partial charge in [-0.25, -0.2) is 4.79 Å². The lowest BCUT2D eigenvalue weighted by Gasteiger charge is -2.43. The molecular weight excluding hydrogens is 266 g/mol. The lowest BCUT2D eigenvalue weighted by molar-refractivity contribution is 0.0860. The predicted octanol–water partition coefficient (Wildman–Crippen LogP) is 2.81. The van der Waals surface area contributed by atoms with Gasteiger partial charge in [0.1, 0.15) is 0 Å². The zero-order valence-corrected chi connectivity index (χ0v) is 12.4. The van der Waals surface area contributed by atoms with Gasteiger partial charge in [0.2, 0.25) is 0 Å². The van der Waals surface area contributed by atoms with E-state index in [1.54, 1.807) is 0 Å². The second-order valence-corrected chi connectivity index (χ2v) is 6.68. The molecule has 2 bridgehead atoms. The molecule has 1 N–H and O–H groups in total. The van der Waals surface area contributed by atoms with Crippen LogP contribution in [0.3, 0.4) is 0 Å². The summed E-state index contributed by atoms with van der Waals surface area (Å²) in [5.74, 6) is 0.509. The number of amides is 1. The van der Waals surface area contributed by atoms with E-state index < -0.39 is 5.60 Å². The Morgan fingerprint density at radius 2 is 1.86 bits per heavy atom. The molecule has 1 aliphatic carbocycles. The molecule has 1 aromatic carbocycles. The summed E-state index contributed by atoms with van der Waals surface area (Å²) in [6, 6.07) is 8.26. The fourth-order valence-electron chi connectivity index (χ4n) is 4.40. The number of ether oxygens (including phenoxy) is 1. The summed E-state index contributed by atoms with van der Waals surface area (Å²) in [5.41, 5.74) is 2.63. The molecule has 1 aromatic rings. The van der Waals surface area contributed by atoms with Gasteiger partial charge >= 0.3 is 6.09 Å². The number of carbonyl (C=O) groups is 1. The molecule has 4 heteroatoms. The van der Waals surface area contributed by atoms with E-state index in [1.807, 2.05) is 30.9 Å². The van der Waals surface area contributed by atoms with E-state index in [1.165, 1.54) is 18.2 Å². The number of nitrogens with zero attached hydrogens (tertiary/aromatic N) is 1. The SMILES string of the molecule is COC(=O)N1[C@@H]2c3ccccc3[C@H]1[C@@H]1C(C(C)(C)O)=C[C@@H]12. The predicted molar refractivity (Wildman–Crippen MR) is 77.5 cm³/mol. The molecule has 2 aliphatic heterocycles. The van der Waals surface area contributed by atoms with Crippen LogP contribution in [0, 0.1) is 11.8 Å². The number of aliphatic hydroxyl groups is 1. The number of rotatable bonds is 1. The van der Waals surface area contributed by atoms with Crippen molar-refractivity contribution in [1.82, 2.24) is 4.90 Å². The fraction of sp³-hybridized carbons (Fsp3) is 0.471. The molecule has 2 heterocycles. The highest BCUT2D eigenvalue weighted by atomic mass is 16.5. The molecule has 110 valence electrons. The van der Waals surface area contributed by atoms with Gasteiger partial charge in [-0.3, -0.25) is 4.90 Å². The third-order valence-corrected chi connectivity index (χ3v) is 5.18. The van der Waals surface area contributed by atoms with Crippen molar-refractivity contribution in [3.8, 4) is 0 Å². The molecule has 0 radical (unpaired) electrons. The Balaban J connectivity index is 1.82. The van der Waals surface area contributed by atoms with E-state index in [9.17, 15) is 9.90 Å². The first-order chi connectivity index (χ1) is 9.95. The Labute approximate surface area is 124 Å². The molecule has 0 aromatic heterocycles. The van der Waals surface area contributed by atoms with Crippen molar-refractivity contribution in [2.45, 2.75) is 31.5 Å². The van der Waals surface area contributed by atoms with Gasteiger partial charge in [-0.15, -0.1) is 0 Å². The number of hydrogen-bond acceptors (Lipinski definition) is 3. The van der Waals surface area contributed by atoms with Crippen molar-refractivity contribution in [1.29, 1.82) is 0 Å². The van der Waals surface area contributed by atoms with Gasteiger partial charge in [0.15, 0.2) is 0 Å². The first-order valence-corrected chi connectivity index (χ1v) is 7.35. The summed E-state index contributed by atoms with van der Waals surface area (Å²) in [7, 11) is 1.43. The average Bonchev–Trinajstić information content (AvgIpc) is 2.83. The highest BCUT2D eigenvalue weighted by Crippen LogP contribution is 2.67. The van der Waals surface area contributed by atoms with E-state index in [0.717, 1.165) is 5.57 Å². The molecule has 4 rings (SSSR count). The Bertz CT molecular complexity index is 658. The van der Waals surface area contributed by atoms with Crippen molar-refractivity contribution in [2.75, 3.05) is 7.11 Å². The van der Waals surface area contributed by atoms with E-state index in [2.05, 4.69) is 18.2 Å². The van der Waals surface area contributed by atoms with Crippen LogP contribution in [0.2, 0.25) is 0 Å². The van der Waals surface area contributed by atoms with Crippen LogP contribution in [-0.4, -0.2) is 28.8 Å². The van der Waals surface area contributed by atoms with Crippen LogP contribution in [0.25, 0.3) is 0 Å². The van der Waals surface area contributed by atoms with Crippen LogP contribution >= 0.6 is 0 Å². The molecule has 1 amide bonds. The number of benzene rings is 1. The Hall–Kier alpha value is -1.81. The second-order valence-electron chi connectivity index (χ2n) is 6.68. The molecule has 0 saturated carbocycles. The van der Waals surface area contributed by atoms with Crippen molar-refractivity contribution < 1.29 is 14.6 Å². The van der Waals surface area contributed by atoms with Crippen molar-refractivity contribution in [3.05, 3.63) is 47.0 Å². The van der Waals surface area contributed by atoms with E-state index in [4.69, 9.17) is 4.74 Å². The Kier molecular flexibility index (Phi) is 2.39. The van der Waals surface area contributed by atoms with Crippen LogP contribution < -0.4 is 0 Å². The summed E-state index contributed by atoms with van der Waals surface area (Å²) >= 11 is 0. The maximum Gasteiger partial charge on any atom is 0.410 e. The van der Waals surface area contributed by atoms with Gasteiger partial charge in [-0.05, 0) is 30.5 Å². The molecule has 1 fully saturated rings. The van der Waals surface area contributed by atoms with E-state index in [-0.39, 0.29) is 24.1 Å². The van der Waals surface area contributed by atoms with Crippen molar-refractivity contribution in [2.24, 2.45) is 11.8 Å². The van der Waals surface area contributed by atoms with Gasteiger partial charge in [-0.2, -0.15) is 0 Å². The third-order valence-electron chi connectivity index (χ3n) is 5.18. The van der Waals surface area contributed by atoms with Crippen LogP contribution in [0.4, 0.5) is 4.79 Å². The second kappa shape index (κ2) is 3.89. The van der Waals surface area contributed by atoms with E-state index >= 15 is 0 Å². The number of fused-ring (bicyclic) bond motifs is 8. The van der Waals surface area contributed by atoms with Crippen molar-refractivity contribution >= 4 is 6.09 Å². The monoisotopic (exact) mass is 285 g/mol. The molecule has 1 saturated heterocycles. The molecule has 4 atom stereocenters. The number of carbonyl (C=O) groups excluding carboxylic acids is 1. The normalized spacial score (nSPS) is 32.2. The highest BCUT2D eigenvalue weighted by molar-refractivity contribution is 5.73. The standard InChI is InChI=1S/C17H19NO3/c1-17(2,20)12-8-11-13(12)15-10-7-5-4-6-9(10)14(11)18(15)16(19)21-3/h4-8,11,13-15,20H,1-3H3/t11-,13-,14+,15-/m0/s1. The maximum absolute atomic E-state index is 12.2. The molecule has 21 heavy (non-hydrogen) atoms. The van der Waals surface area contributed by atoms with Crippen molar-refractivity contribution in [3.63, 3.8) is 0 Å². The Morgan fingerprint density at radius 1 is 1.24 bits per heavy atom. The minimum Gasteiger partial charge on any atom is -0.453 e. The van der Waals surface area contributed by atoms with Gasteiger partial charge < -0.3 is 9.84 Å². The van der Waals surface area contributed by atoms with Crippen LogP contribution in [0.5, 0.6) is 0 Å². The first kappa shape index (κ1) is 12.9. The summed E-state index contributed by atoms with van der Waals surface area (Å²) in [4.78, 5) is 14.1. The maximum atomic E-state index is 12.2. The number of methoxy groups -OCH3 is 1. The summed E-state index contributed by atoms with van der Waals surface area (Å²) in [6.45, 7) is 3.63. The Morgan fingerprint density at radius 3 is 2.43 bits per heavy atom. The smallest absolute Gasteiger partial charge is 0.410 e. The molecule has 4 nitrogen and oxygen atoms in total. The minimum atomic E-state index is -0.831. The van der Waals surface area contributed by atoms with Crippen LogP contribution in [0.1, 0.15) is 37.1 Å². The van der Waals surface area contributed by atoms with E-state index in [0.29, 0.717) is 5.92 Å². The van der Waals surface area contributed by atoms with Gasteiger partial charge in [0.05, 0.1) is 24.8 Å². The largest absolute Gasteiger partial charge is 0.453 e.